The quantitative estimate of drug-likeness (QED) is 0.577. The van der Waals surface area contributed by atoms with Gasteiger partial charge in [-0.05, 0) is 37.1 Å². The van der Waals surface area contributed by atoms with Crippen molar-refractivity contribution in [1.82, 2.24) is 5.32 Å². The SMILES string of the molecule is O=C(COC(=O)CN(c1ccccc1)c1ccccc1)NC1CCCCCC1. The first-order valence-corrected chi connectivity index (χ1v) is 10.0. The molecular formula is C23H28N2O3. The van der Waals surface area contributed by atoms with E-state index in [9.17, 15) is 9.59 Å². The highest BCUT2D eigenvalue weighted by Crippen LogP contribution is 2.24. The molecule has 3 rings (SSSR count). The van der Waals surface area contributed by atoms with E-state index in [4.69, 9.17) is 4.74 Å². The highest BCUT2D eigenvalue weighted by atomic mass is 16.5. The highest BCUT2D eigenvalue weighted by molar-refractivity contribution is 5.84. The van der Waals surface area contributed by atoms with E-state index in [1.54, 1.807) is 0 Å². The van der Waals surface area contributed by atoms with E-state index >= 15 is 0 Å². The number of para-hydroxylation sites is 2. The van der Waals surface area contributed by atoms with Crippen LogP contribution in [0.4, 0.5) is 11.4 Å². The number of rotatable bonds is 7. The van der Waals surface area contributed by atoms with Crippen LogP contribution >= 0.6 is 0 Å². The van der Waals surface area contributed by atoms with Crippen molar-refractivity contribution in [2.24, 2.45) is 0 Å². The number of ether oxygens (including phenoxy) is 1. The molecule has 2 aromatic carbocycles. The van der Waals surface area contributed by atoms with Crippen LogP contribution in [-0.4, -0.2) is 31.1 Å². The molecular weight excluding hydrogens is 352 g/mol. The summed E-state index contributed by atoms with van der Waals surface area (Å²) in [4.78, 5) is 26.4. The summed E-state index contributed by atoms with van der Waals surface area (Å²) in [6, 6.07) is 19.6. The smallest absolute Gasteiger partial charge is 0.326 e. The number of esters is 1. The van der Waals surface area contributed by atoms with Crippen molar-refractivity contribution in [3.63, 3.8) is 0 Å². The van der Waals surface area contributed by atoms with Gasteiger partial charge >= 0.3 is 5.97 Å². The maximum absolute atomic E-state index is 12.4. The summed E-state index contributed by atoms with van der Waals surface area (Å²) in [6.45, 7) is -0.183. The minimum Gasteiger partial charge on any atom is -0.454 e. The Bertz CT molecular complexity index is 701. The van der Waals surface area contributed by atoms with Crippen LogP contribution in [0.5, 0.6) is 0 Å². The van der Waals surface area contributed by atoms with Crippen molar-refractivity contribution in [1.29, 1.82) is 0 Å². The van der Waals surface area contributed by atoms with Crippen molar-refractivity contribution in [3.05, 3.63) is 60.7 Å². The topological polar surface area (TPSA) is 58.6 Å². The first-order valence-electron chi connectivity index (χ1n) is 10.0. The largest absolute Gasteiger partial charge is 0.454 e. The second-order valence-electron chi connectivity index (χ2n) is 7.17. The van der Waals surface area contributed by atoms with Gasteiger partial charge in [0, 0.05) is 17.4 Å². The molecule has 1 N–H and O–H groups in total. The molecule has 2 aromatic rings. The Balaban J connectivity index is 1.54. The number of anilines is 2. The van der Waals surface area contributed by atoms with E-state index in [-0.39, 0.29) is 25.1 Å². The standard InChI is InChI=1S/C23H28N2O3/c26-22(24-19-11-5-1-2-6-12-19)18-28-23(27)17-25(20-13-7-3-8-14-20)21-15-9-4-10-16-21/h3-4,7-10,13-16,19H,1-2,5-6,11-12,17-18H2,(H,24,26). The fraction of sp³-hybridized carbons (Fsp3) is 0.391. The van der Waals surface area contributed by atoms with Gasteiger partial charge in [0.1, 0.15) is 6.54 Å². The number of carbonyl (C=O) groups excluding carboxylic acids is 2. The van der Waals surface area contributed by atoms with Gasteiger partial charge in [0.05, 0.1) is 0 Å². The molecule has 0 aliphatic heterocycles. The highest BCUT2D eigenvalue weighted by Gasteiger charge is 2.18. The van der Waals surface area contributed by atoms with Crippen LogP contribution < -0.4 is 10.2 Å². The molecule has 1 saturated carbocycles. The van der Waals surface area contributed by atoms with Crippen LogP contribution in [0.3, 0.4) is 0 Å². The second kappa shape index (κ2) is 10.5. The van der Waals surface area contributed by atoms with Crippen LogP contribution in [0.1, 0.15) is 38.5 Å². The van der Waals surface area contributed by atoms with Crippen LogP contribution in [0.15, 0.2) is 60.7 Å². The fourth-order valence-electron chi connectivity index (χ4n) is 3.56. The predicted octanol–water partition coefficient (Wildman–Crippen LogP) is 4.21. The van der Waals surface area contributed by atoms with Gasteiger partial charge < -0.3 is 15.0 Å². The van der Waals surface area contributed by atoms with Gasteiger partial charge in [-0.15, -0.1) is 0 Å². The maximum Gasteiger partial charge on any atom is 0.326 e. The zero-order valence-electron chi connectivity index (χ0n) is 16.2. The zero-order valence-corrected chi connectivity index (χ0v) is 16.2. The molecule has 5 heteroatoms. The van der Waals surface area contributed by atoms with E-state index < -0.39 is 5.97 Å². The summed E-state index contributed by atoms with van der Waals surface area (Å²) < 4.78 is 5.26. The molecule has 28 heavy (non-hydrogen) atoms. The van der Waals surface area contributed by atoms with Gasteiger partial charge in [0.2, 0.25) is 0 Å². The molecule has 0 aromatic heterocycles. The molecule has 0 unspecified atom stereocenters. The van der Waals surface area contributed by atoms with Crippen molar-refractivity contribution in [2.75, 3.05) is 18.1 Å². The Morgan fingerprint density at radius 1 is 0.857 bits per heavy atom. The van der Waals surface area contributed by atoms with Crippen LogP contribution in [0.25, 0.3) is 0 Å². The molecule has 0 atom stereocenters. The summed E-state index contributed by atoms with van der Waals surface area (Å²) in [5.74, 6) is -0.644. The molecule has 0 saturated heterocycles. The lowest BCUT2D eigenvalue weighted by Gasteiger charge is -2.24. The van der Waals surface area contributed by atoms with Crippen molar-refractivity contribution < 1.29 is 14.3 Å². The van der Waals surface area contributed by atoms with Gasteiger partial charge in [-0.1, -0.05) is 62.1 Å². The number of nitrogens with one attached hydrogen (secondary N) is 1. The lowest BCUT2D eigenvalue weighted by molar-refractivity contribution is -0.147. The van der Waals surface area contributed by atoms with Crippen LogP contribution in [-0.2, 0) is 14.3 Å². The molecule has 148 valence electrons. The molecule has 0 spiro atoms. The molecule has 1 amide bonds. The van der Waals surface area contributed by atoms with Crippen molar-refractivity contribution >= 4 is 23.3 Å². The number of carbonyl (C=O) groups is 2. The van der Waals surface area contributed by atoms with Gasteiger partial charge in [-0.25, -0.2) is 0 Å². The number of hydrogen-bond acceptors (Lipinski definition) is 4. The van der Waals surface area contributed by atoms with E-state index in [1.165, 1.54) is 12.8 Å². The normalized spacial score (nSPS) is 14.7. The third-order valence-corrected chi connectivity index (χ3v) is 5.01. The second-order valence-corrected chi connectivity index (χ2v) is 7.17. The molecule has 1 aliphatic carbocycles. The summed E-state index contributed by atoms with van der Waals surface area (Å²) in [6.07, 6.45) is 6.78. The average Bonchev–Trinajstić information content (AvgIpc) is 3.00. The summed E-state index contributed by atoms with van der Waals surface area (Å²) in [5, 5.41) is 3.00. The number of amides is 1. The molecule has 1 fully saturated rings. The predicted molar refractivity (Wildman–Crippen MR) is 110 cm³/mol. The summed E-state index contributed by atoms with van der Waals surface area (Å²) >= 11 is 0. The van der Waals surface area contributed by atoms with Gasteiger partial charge in [0.15, 0.2) is 6.61 Å². The Morgan fingerprint density at radius 3 is 1.93 bits per heavy atom. The summed E-state index contributed by atoms with van der Waals surface area (Å²) in [5.41, 5.74) is 1.79. The lowest BCUT2D eigenvalue weighted by Crippen LogP contribution is -2.38. The van der Waals surface area contributed by atoms with Crippen LogP contribution in [0, 0.1) is 0 Å². The first kappa shape index (κ1) is 19.9. The maximum atomic E-state index is 12.4. The Hall–Kier alpha value is -2.82. The monoisotopic (exact) mass is 380 g/mol. The third kappa shape index (κ3) is 6.12. The van der Waals surface area contributed by atoms with Gasteiger partial charge in [-0.3, -0.25) is 9.59 Å². The average molecular weight is 380 g/mol. The van der Waals surface area contributed by atoms with Crippen molar-refractivity contribution in [2.45, 2.75) is 44.6 Å². The van der Waals surface area contributed by atoms with E-state index in [2.05, 4.69) is 5.32 Å². The minimum absolute atomic E-state index is 0.0464. The first-order chi connectivity index (χ1) is 13.7. The van der Waals surface area contributed by atoms with E-state index in [1.807, 2.05) is 65.6 Å². The zero-order chi connectivity index (χ0) is 19.6. The summed E-state index contributed by atoms with van der Waals surface area (Å²) in [7, 11) is 0. The van der Waals surface area contributed by atoms with Crippen LogP contribution in [0.2, 0.25) is 0 Å². The number of benzene rings is 2. The van der Waals surface area contributed by atoms with E-state index in [0.717, 1.165) is 37.1 Å². The number of hydrogen-bond donors (Lipinski definition) is 1. The Labute approximate surface area is 166 Å². The molecule has 0 bridgehead atoms. The van der Waals surface area contributed by atoms with Gasteiger partial charge in [0.25, 0.3) is 5.91 Å². The molecule has 1 aliphatic rings. The lowest BCUT2D eigenvalue weighted by atomic mass is 10.1. The number of nitrogens with zero attached hydrogens (tertiary/aromatic N) is 1. The molecule has 0 heterocycles. The fourth-order valence-corrected chi connectivity index (χ4v) is 3.56. The molecule has 0 radical (unpaired) electrons. The minimum atomic E-state index is -0.427. The van der Waals surface area contributed by atoms with Crippen molar-refractivity contribution in [3.8, 4) is 0 Å². The Kier molecular flexibility index (Phi) is 7.47. The van der Waals surface area contributed by atoms with Gasteiger partial charge in [-0.2, -0.15) is 0 Å². The van der Waals surface area contributed by atoms with E-state index in [0.29, 0.717) is 0 Å². The third-order valence-electron chi connectivity index (χ3n) is 5.01. The molecule has 5 nitrogen and oxygen atoms in total. The Morgan fingerprint density at radius 2 is 1.39 bits per heavy atom.